The molecule has 3 aromatic rings. The Bertz CT molecular complexity index is 1270. The van der Waals surface area contributed by atoms with E-state index < -0.39 is 20.3 Å². The number of benzene rings is 1. The van der Waals surface area contributed by atoms with Crippen molar-refractivity contribution in [1.82, 2.24) is 19.5 Å². The molecule has 0 spiro atoms. The van der Waals surface area contributed by atoms with Crippen molar-refractivity contribution in [3.05, 3.63) is 35.8 Å². The van der Waals surface area contributed by atoms with Crippen molar-refractivity contribution in [2.75, 3.05) is 37.0 Å². The molecule has 4 rings (SSSR count). The van der Waals surface area contributed by atoms with Crippen molar-refractivity contribution in [1.29, 1.82) is 0 Å². The summed E-state index contributed by atoms with van der Waals surface area (Å²) in [7, 11) is -1.31. The predicted molar refractivity (Wildman–Crippen MR) is 126 cm³/mol. The van der Waals surface area contributed by atoms with E-state index in [0.29, 0.717) is 42.7 Å². The number of anilines is 2. The third-order valence-electron chi connectivity index (χ3n) is 5.90. The first-order valence-electron chi connectivity index (χ1n) is 10.3. The van der Waals surface area contributed by atoms with Gasteiger partial charge in [-0.1, -0.05) is 6.07 Å². The number of morpholine rings is 1. The lowest BCUT2D eigenvalue weighted by molar-refractivity contribution is 0.0985. The van der Waals surface area contributed by atoms with Gasteiger partial charge in [-0.05, 0) is 38.8 Å². The van der Waals surface area contributed by atoms with Crippen LogP contribution in [0.5, 0.6) is 0 Å². The Morgan fingerprint density at radius 1 is 1.34 bits per heavy atom. The summed E-state index contributed by atoms with van der Waals surface area (Å²) in [6.07, 6.45) is 0. The Morgan fingerprint density at radius 2 is 2.09 bits per heavy atom. The molecule has 0 saturated carbocycles. The molecule has 1 saturated heterocycles. The molecular weight excluding hydrogens is 433 g/mol. The lowest BCUT2D eigenvalue weighted by Gasteiger charge is -2.35. The predicted octanol–water partition coefficient (Wildman–Crippen LogP) is 2.05. The van der Waals surface area contributed by atoms with E-state index in [2.05, 4.69) is 21.1 Å². The summed E-state index contributed by atoms with van der Waals surface area (Å²) in [6.45, 7) is 7.28. The Morgan fingerprint density at radius 3 is 2.75 bits per heavy atom. The third-order valence-corrected chi connectivity index (χ3v) is 7.84. The molecule has 172 valence electrons. The second-order valence-corrected chi connectivity index (χ2v) is 10.9. The van der Waals surface area contributed by atoms with Gasteiger partial charge in [0.2, 0.25) is 11.9 Å². The van der Waals surface area contributed by atoms with E-state index in [1.807, 2.05) is 6.92 Å². The van der Waals surface area contributed by atoms with Crippen LogP contribution < -0.4 is 15.4 Å². The van der Waals surface area contributed by atoms with E-state index in [0.717, 1.165) is 0 Å². The zero-order chi connectivity index (χ0) is 23.3. The monoisotopic (exact) mass is 461 g/mol. The van der Waals surface area contributed by atoms with Crippen LogP contribution in [0.1, 0.15) is 26.5 Å². The first kappa shape index (κ1) is 22.4. The van der Waals surface area contributed by atoms with Gasteiger partial charge in [0.15, 0.2) is 5.82 Å². The summed E-state index contributed by atoms with van der Waals surface area (Å²) in [5.74, 6) is 4.53. The number of fused-ring (bicyclic) bond motifs is 1. The van der Waals surface area contributed by atoms with Gasteiger partial charge in [0.1, 0.15) is 11.3 Å². The maximum Gasteiger partial charge on any atom is 0.239 e. The topological polar surface area (TPSA) is 111 Å². The van der Waals surface area contributed by atoms with Gasteiger partial charge in [-0.25, -0.2) is 18.9 Å². The van der Waals surface area contributed by atoms with Gasteiger partial charge < -0.3 is 15.0 Å². The van der Waals surface area contributed by atoms with Crippen LogP contribution in [0, 0.1) is 5.82 Å². The van der Waals surface area contributed by atoms with Gasteiger partial charge in [-0.3, -0.25) is 9.35 Å². The zero-order valence-corrected chi connectivity index (χ0v) is 19.4. The molecule has 2 aromatic heterocycles. The molecule has 2 atom stereocenters. The number of hydrogen-bond donors (Lipinski definition) is 2. The second-order valence-electron chi connectivity index (χ2n) is 8.39. The third kappa shape index (κ3) is 3.70. The molecule has 1 aromatic carbocycles. The van der Waals surface area contributed by atoms with Crippen molar-refractivity contribution >= 4 is 38.4 Å². The van der Waals surface area contributed by atoms with Crippen molar-refractivity contribution in [3.8, 4) is 5.95 Å². The molecule has 32 heavy (non-hydrogen) atoms. The summed E-state index contributed by atoms with van der Waals surface area (Å²) in [4.78, 5) is 16.0. The molecule has 1 aliphatic heterocycles. The summed E-state index contributed by atoms with van der Waals surface area (Å²) >= 11 is 0. The lowest BCUT2D eigenvalue weighted by atomic mass is 10.1. The summed E-state index contributed by atoms with van der Waals surface area (Å²) in [5, 5.41) is 8.96. The van der Waals surface area contributed by atoms with E-state index in [1.165, 1.54) is 6.07 Å². The van der Waals surface area contributed by atoms with Gasteiger partial charge in [0.05, 0.1) is 35.2 Å². The first-order chi connectivity index (χ1) is 15.0. The van der Waals surface area contributed by atoms with Crippen LogP contribution in [0.25, 0.3) is 17.0 Å². The highest BCUT2D eigenvalue weighted by atomic mass is 32.2. The summed E-state index contributed by atoms with van der Waals surface area (Å²) in [5.41, 5.74) is 1.18. The Kier molecular flexibility index (Phi) is 5.60. The lowest BCUT2D eigenvalue weighted by Crippen LogP contribution is -2.44. The highest BCUT2D eigenvalue weighted by molar-refractivity contribution is 7.99. The molecule has 3 heterocycles. The number of nitrogens with two attached hydrogens (primary N) is 1. The van der Waals surface area contributed by atoms with Crippen LogP contribution >= 0.6 is 0 Å². The average Bonchev–Trinajstić information content (AvgIpc) is 3.13. The fraction of sp³-hybridized carbons (Fsp3) is 0.429. The summed E-state index contributed by atoms with van der Waals surface area (Å²) < 4.78 is 33.4. The number of nitrogens with one attached hydrogen (secondary N) is 1. The quantitative estimate of drug-likeness (QED) is 0.560. The van der Waals surface area contributed by atoms with Gasteiger partial charge in [-0.2, -0.15) is 4.98 Å². The molecule has 0 radical (unpaired) electrons. The standard InChI is InChI=1S/C21H28FN7O2S/c1-13-12-31-10-9-28(13)17-11-16(21(2,3)32(5,23)30)25-20(26-17)29-15-8-6-7-14(22)18(15)27-19(29)24-4/h6-8,11,13H,5,9-10,12H2,1-4H3,(H2,23,30)(H,24,27). The smallest absolute Gasteiger partial charge is 0.239 e. The Balaban J connectivity index is 2.01. The second kappa shape index (κ2) is 7.98. The molecule has 3 N–H and O–H groups in total. The van der Waals surface area contributed by atoms with Gasteiger partial charge >= 0.3 is 0 Å². The number of aromatic nitrogens is 4. The molecule has 0 aliphatic carbocycles. The van der Waals surface area contributed by atoms with Crippen LogP contribution in [0.3, 0.4) is 0 Å². The van der Waals surface area contributed by atoms with Crippen molar-refractivity contribution < 1.29 is 13.3 Å². The molecule has 0 bridgehead atoms. The van der Waals surface area contributed by atoms with Crippen LogP contribution in [0.2, 0.25) is 0 Å². The fourth-order valence-electron chi connectivity index (χ4n) is 3.66. The number of ether oxygens (including phenoxy) is 1. The van der Waals surface area contributed by atoms with Gasteiger partial charge in [0, 0.05) is 29.4 Å². The Labute approximate surface area is 187 Å². The van der Waals surface area contributed by atoms with Gasteiger partial charge in [0.25, 0.3) is 0 Å². The Hall–Kier alpha value is -2.76. The van der Waals surface area contributed by atoms with Crippen LogP contribution in [-0.2, 0) is 19.2 Å². The molecule has 1 fully saturated rings. The van der Waals surface area contributed by atoms with E-state index in [4.69, 9.17) is 19.8 Å². The normalized spacial score (nSPS) is 19.2. The average molecular weight is 462 g/mol. The van der Waals surface area contributed by atoms with E-state index in [-0.39, 0.29) is 17.5 Å². The van der Waals surface area contributed by atoms with E-state index in [1.54, 1.807) is 43.7 Å². The zero-order valence-electron chi connectivity index (χ0n) is 18.6. The number of nitrogens with zero attached hydrogens (tertiary/aromatic N) is 5. The number of imidazole rings is 1. The van der Waals surface area contributed by atoms with Crippen LogP contribution in [-0.4, -0.2) is 62.4 Å². The van der Waals surface area contributed by atoms with Crippen LogP contribution in [0.4, 0.5) is 16.2 Å². The minimum atomic E-state index is -3.00. The molecular formula is C21H28FN7O2S. The molecule has 2 unspecified atom stereocenters. The minimum Gasteiger partial charge on any atom is -0.377 e. The number of hydrogen-bond acceptors (Lipinski definition) is 7. The molecule has 11 heteroatoms. The minimum absolute atomic E-state index is 0.0743. The highest BCUT2D eigenvalue weighted by Crippen LogP contribution is 2.32. The van der Waals surface area contributed by atoms with E-state index >= 15 is 0 Å². The largest absolute Gasteiger partial charge is 0.377 e. The number of halogens is 1. The fourth-order valence-corrected chi connectivity index (χ4v) is 4.12. The van der Waals surface area contributed by atoms with Crippen LogP contribution in [0.15, 0.2) is 24.3 Å². The van der Waals surface area contributed by atoms with Crippen molar-refractivity contribution in [2.45, 2.75) is 31.6 Å². The van der Waals surface area contributed by atoms with E-state index in [9.17, 15) is 8.60 Å². The maximum atomic E-state index is 14.4. The molecule has 9 nitrogen and oxygen atoms in total. The van der Waals surface area contributed by atoms with Crippen molar-refractivity contribution in [3.63, 3.8) is 0 Å². The molecule has 1 aliphatic rings. The number of para-hydroxylation sites is 1. The first-order valence-corrected chi connectivity index (χ1v) is 12.1. The summed E-state index contributed by atoms with van der Waals surface area (Å²) in [6, 6.07) is 6.58. The molecule has 0 amide bonds. The SMILES string of the molecule is C=S(N)(=O)C(C)(C)c1cc(N2CCOCC2C)nc(-n2c(NC)nc3c(F)cccc32)n1. The highest BCUT2D eigenvalue weighted by Gasteiger charge is 2.33. The number of rotatable bonds is 5. The van der Waals surface area contributed by atoms with Gasteiger partial charge in [-0.15, -0.1) is 0 Å². The maximum absolute atomic E-state index is 14.4. The van der Waals surface area contributed by atoms with Crippen molar-refractivity contribution in [2.24, 2.45) is 5.14 Å².